The number of hydrogen-bond acceptors (Lipinski definition) is 6. The van der Waals surface area contributed by atoms with Gasteiger partial charge in [-0.15, -0.1) is 0 Å². The van der Waals surface area contributed by atoms with E-state index in [-0.39, 0.29) is 37.8 Å². The molecular formula is C21H22F3N3O5. The largest absolute Gasteiger partial charge is 0.496 e. The lowest BCUT2D eigenvalue weighted by Crippen LogP contribution is -2.49. The first-order chi connectivity index (χ1) is 15.1. The third-order valence-electron chi connectivity index (χ3n) is 5.41. The Kier molecular flexibility index (Phi) is 6.47. The highest BCUT2D eigenvalue weighted by atomic mass is 19.4. The highest BCUT2D eigenvalue weighted by molar-refractivity contribution is 5.95. The standard InChI is InChI=1S/C21H22F3N3O5/c1-13-18(31-2)10-14(11-19(13)32-3)20(28)26-8-6-25(7-9-26)16-5-4-15(21(22,23)24)12-17(16)27(29)30/h4-5,10-12H,6-9H2,1-3H3. The number of carbonyl (C=O) groups excluding carboxylic acids is 1. The van der Waals surface area contributed by atoms with Crippen molar-refractivity contribution in [3.8, 4) is 11.5 Å². The van der Waals surface area contributed by atoms with Crippen LogP contribution in [0.3, 0.4) is 0 Å². The quantitative estimate of drug-likeness (QED) is 0.504. The molecule has 3 rings (SSSR count). The number of methoxy groups -OCH3 is 2. The van der Waals surface area contributed by atoms with E-state index >= 15 is 0 Å². The number of piperazine rings is 1. The molecule has 0 spiro atoms. The summed E-state index contributed by atoms with van der Waals surface area (Å²) < 4.78 is 49.4. The number of rotatable bonds is 5. The molecule has 2 aromatic carbocycles. The first kappa shape index (κ1) is 23.2. The van der Waals surface area contributed by atoms with Crippen LogP contribution in [0.5, 0.6) is 11.5 Å². The number of nitro benzene ring substituents is 1. The average molecular weight is 453 g/mol. The third-order valence-corrected chi connectivity index (χ3v) is 5.41. The molecule has 1 aliphatic rings. The van der Waals surface area contributed by atoms with Gasteiger partial charge in [0.1, 0.15) is 17.2 Å². The zero-order valence-corrected chi connectivity index (χ0v) is 17.7. The Balaban J connectivity index is 1.78. The molecule has 8 nitrogen and oxygen atoms in total. The Morgan fingerprint density at radius 3 is 2.06 bits per heavy atom. The predicted molar refractivity (Wildman–Crippen MR) is 110 cm³/mol. The van der Waals surface area contributed by atoms with Gasteiger partial charge in [0, 0.05) is 43.4 Å². The molecule has 1 heterocycles. The van der Waals surface area contributed by atoms with Gasteiger partial charge in [-0.3, -0.25) is 14.9 Å². The van der Waals surface area contributed by atoms with E-state index in [9.17, 15) is 28.1 Å². The van der Waals surface area contributed by atoms with Crippen LogP contribution >= 0.6 is 0 Å². The molecule has 0 N–H and O–H groups in total. The third kappa shape index (κ3) is 4.56. The molecule has 1 amide bonds. The van der Waals surface area contributed by atoms with Crippen molar-refractivity contribution >= 4 is 17.3 Å². The van der Waals surface area contributed by atoms with Crippen molar-refractivity contribution in [1.29, 1.82) is 0 Å². The van der Waals surface area contributed by atoms with Crippen molar-refractivity contribution in [2.45, 2.75) is 13.1 Å². The summed E-state index contributed by atoms with van der Waals surface area (Å²) in [5.41, 5.74) is -0.477. The molecule has 1 saturated heterocycles. The second-order valence-electron chi connectivity index (χ2n) is 7.24. The lowest BCUT2D eigenvalue weighted by molar-refractivity contribution is -0.384. The van der Waals surface area contributed by atoms with Gasteiger partial charge in [-0.05, 0) is 31.2 Å². The van der Waals surface area contributed by atoms with Gasteiger partial charge in [0.25, 0.3) is 11.6 Å². The van der Waals surface area contributed by atoms with Crippen molar-refractivity contribution in [2.24, 2.45) is 0 Å². The lowest BCUT2D eigenvalue weighted by Gasteiger charge is -2.36. The Hall–Kier alpha value is -3.50. The van der Waals surface area contributed by atoms with Gasteiger partial charge in [-0.25, -0.2) is 0 Å². The summed E-state index contributed by atoms with van der Waals surface area (Å²) in [6.45, 7) is 2.77. The molecule has 0 aliphatic carbocycles. The van der Waals surface area contributed by atoms with Gasteiger partial charge in [0.15, 0.2) is 0 Å². The summed E-state index contributed by atoms with van der Waals surface area (Å²) in [4.78, 5) is 26.7. The molecule has 0 aromatic heterocycles. The number of ether oxygens (including phenoxy) is 2. The van der Waals surface area contributed by atoms with E-state index in [0.717, 1.165) is 17.7 Å². The Morgan fingerprint density at radius 2 is 1.59 bits per heavy atom. The van der Waals surface area contributed by atoms with Gasteiger partial charge >= 0.3 is 6.18 Å². The zero-order valence-electron chi connectivity index (χ0n) is 17.7. The lowest BCUT2D eigenvalue weighted by atomic mass is 10.1. The molecule has 0 unspecified atom stereocenters. The number of amides is 1. The van der Waals surface area contributed by atoms with Crippen LogP contribution in [0.1, 0.15) is 21.5 Å². The monoisotopic (exact) mass is 453 g/mol. The van der Waals surface area contributed by atoms with Crippen molar-refractivity contribution in [2.75, 3.05) is 45.3 Å². The molecule has 0 saturated carbocycles. The Morgan fingerprint density at radius 1 is 1.03 bits per heavy atom. The van der Waals surface area contributed by atoms with E-state index in [4.69, 9.17) is 9.47 Å². The molecule has 0 atom stereocenters. The van der Waals surface area contributed by atoms with Crippen molar-refractivity contribution in [1.82, 2.24) is 4.90 Å². The summed E-state index contributed by atoms with van der Waals surface area (Å²) in [6.07, 6.45) is -4.68. The van der Waals surface area contributed by atoms with E-state index in [0.29, 0.717) is 23.1 Å². The predicted octanol–water partition coefficient (Wildman–Crippen LogP) is 3.90. The second kappa shape index (κ2) is 8.93. The van der Waals surface area contributed by atoms with Gasteiger partial charge in [-0.2, -0.15) is 13.2 Å². The number of nitro groups is 1. The number of carbonyl (C=O) groups is 1. The van der Waals surface area contributed by atoms with E-state index in [1.165, 1.54) is 14.2 Å². The van der Waals surface area contributed by atoms with Crippen LogP contribution in [0.4, 0.5) is 24.5 Å². The van der Waals surface area contributed by atoms with Crippen molar-refractivity contribution in [3.05, 3.63) is 57.1 Å². The number of hydrogen-bond donors (Lipinski definition) is 0. The molecule has 1 fully saturated rings. The maximum atomic E-state index is 13.0. The maximum absolute atomic E-state index is 13.0. The molecule has 32 heavy (non-hydrogen) atoms. The first-order valence-electron chi connectivity index (χ1n) is 9.69. The van der Waals surface area contributed by atoms with Crippen LogP contribution < -0.4 is 14.4 Å². The molecule has 2 aromatic rings. The van der Waals surface area contributed by atoms with Crippen LogP contribution in [-0.2, 0) is 6.18 Å². The summed E-state index contributed by atoms with van der Waals surface area (Å²) in [6, 6.07) is 5.71. The zero-order chi connectivity index (χ0) is 23.6. The minimum atomic E-state index is -4.68. The SMILES string of the molecule is COc1cc(C(=O)N2CCN(c3ccc(C(F)(F)F)cc3[N+](=O)[O-])CC2)cc(OC)c1C. The van der Waals surface area contributed by atoms with Gasteiger partial charge in [-0.1, -0.05) is 0 Å². The molecule has 0 radical (unpaired) electrons. The van der Waals surface area contributed by atoms with E-state index < -0.39 is 22.4 Å². The summed E-state index contributed by atoms with van der Waals surface area (Å²) in [7, 11) is 2.98. The van der Waals surface area contributed by atoms with Crippen LogP contribution in [0.2, 0.25) is 0 Å². The van der Waals surface area contributed by atoms with Crippen LogP contribution in [-0.4, -0.2) is 56.1 Å². The van der Waals surface area contributed by atoms with E-state index in [2.05, 4.69) is 0 Å². The summed E-state index contributed by atoms with van der Waals surface area (Å²) in [5, 5.41) is 11.4. The topological polar surface area (TPSA) is 85.2 Å². The fourth-order valence-electron chi connectivity index (χ4n) is 3.66. The average Bonchev–Trinajstić information content (AvgIpc) is 2.77. The molecule has 1 aliphatic heterocycles. The Bertz CT molecular complexity index is 1010. The number of anilines is 1. The first-order valence-corrected chi connectivity index (χ1v) is 9.69. The smallest absolute Gasteiger partial charge is 0.416 e. The fraction of sp³-hybridized carbons (Fsp3) is 0.381. The van der Waals surface area contributed by atoms with Crippen LogP contribution in [0.15, 0.2) is 30.3 Å². The van der Waals surface area contributed by atoms with Crippen LogP contribution in [0.25, 0.3) is 0 Å². The molecule has 11 heteroatoms. The summed E-state index contributed by atoms with van der Waals surface area (Å²) in [5.74, 6) is 0.751. The number of alkyl halides is 3. The Labute approximate surface area is 182 Å². The minimum Gasteiger partial charge on any atom is -0.496 e. The van der Waals surface area contributed by atoms with Crippen molar-refractivity contribution in [3.63, 3.8) is 0 Å². The normalized spacial score (nSPS) is 14.3. The van der Waals surface area contributed by atoms with E-state index in [1.807, 2.05) is 6.92 Å². The molecule has 172 valence electrons. The fourth-order valence-corrected chi connectivity index (χ4v) is 3.66. The highest BCUT2D eigenvalue weighted by Gasteiger charge is 2.34. The van der Waals surface area contributed by atoms with E-state index in [1.54, 1.807) is 21.9 Å². The van der Waals surface area contributed by atoms with Gasteiger partial charge in [0.05, 0.1) is 24.7 Å². The second-order valence-corrected chi connectivity index (χ2v) is 7.24. The van der Waals surface area contributed by atoms with Crippen molar-refractivity contribution < 1.29 is 32.4 Å². The molecular weight excluding hydrogens is 431 g/mol. The maximum Gasteiger partial charge on any atom is 0.416 e. The molecule has 0 bridgehead atoms. The summed E-state index contributed by atoms with van der Waals surface area (Å²) >= 11 is 0. The van der Waals surface area contributed by atoms with Gasteiger partial charge < -0.3 is 19.3 Å². The highest BCUT2D eigenvalue weighted by Crippen LogP contribution is 2.37. The van der Waals surface area contributed by atoms with Gasteiger partial charge in [0.2, 0.25) is 0 Å². The number of halogens is 3. The van der Waals surface area contributed by atoms with Crippen LogP contribution in [0, 0.1) is 17.0 Å². The minimum absolute atomic E-state index is 0.0915. The number of benzene rings is 2. The number of nitrogens with zero attached hydrogens (tertiary/aromatic N) is 3.